The van der Waals surface area contributed by atoms with E-state index in [1.165, 1.54) is 19.1 Å². The van der Waals surface area contributed by atoms with Crippen molar-refractivity contribution in [2.45, 2.75) is 6.92 Å². The molecule has 6 nitrogen and oxygen atoms in total. The average Bonchev–Trinajstić information content (AvgIpc) is 2.64. The predicted octanol–water partition coefficient (Wildman–Crippen LogP) is 4.11. The number of ether oxygens (including phenoxy) is 2. The molecule has 0 atom stereocenters. The van der Waals surface area contributed by atoms with Crippen molar-refractivity contribution in [3.8, 4) is 11.5 Å². The van der Waals surface area contributed by atoms with E-state index in [2.05, 4.69) is 5.32 Å². The van der Waals surface area contributed by atoms with Crippen LogP contribution >= 0.6 is 23.2 Å². The minimum atomic E-state index is -0.417. The first kappa shape index (κ1) is 20.9. The van der Waals surface area contributed by atoms with E-state index in [0.29, 0.717) is 39.4 Å². The number of nitrogens with zero attached hydrogens (tertiary/aromatic N) is 1. The third kappa shape index (κ3) is 5.28. The first-order chi connectivity index (χ1) is 12.9. The summed E-state index contributed by atoms with van der Waals surface area (Å²) in [5, 5.41) is 3.27. The largest absolute Gasteiger partial charge is 0.493 e. The van der Waals surface area contributed by atoms with Crippen LogP contribution in [0, 0.1) is 0 Å². The molecule has 2 aromatic carbocycles. The molecule has 0 saturated carbocycles. The van der Waals surface area contributed by atoms with Crippen LogP contribution < -0.4 is 14.8 Å². The van der Waals surface area contributed by atoms with Gasteiger partial charge in [0.2, 0.25) is 5.91 Å². The van der Waals surface area contributed by atoms with Gasteiger partial charge < -0.3 is 19.7 Å². The van der Waals surface area contributed by atoms with Crippen LogP contribution in [0.2, 0.25) is 10.0 Å². The Morgan fingerprint density at radius 1 is 1.11 bits per heavy atom. The van der Waals surface area contributed by atoms with Gasteiger partial charge >= 0.3 is 0 Å². The number of methoxy groups -OCH3 is 1. The van der Waals surface area contributed by atoms with E-state index in [1.54, 1.807) is 36.4 Å². The van der Waals surface area contributed by atoms with E-state index in [0.717, 1.165) is 0 Å². The van der Waals surface area contributed by atoms with E-state index in [4.69, 9.17) is 32.7 Å². The van der Waals surface area contributed by atoms with Crippen molar-refractivity contribution >= 4 is 40.7 Å². The summed E-state index contributed by atoms with van der Waals surface area (Å²) in [7, 11) is 3.05. The Hall–Kier alpha value is -2.44. The lowest BCUT2D eigenvalue weighted by atomic mass is 10.1. The third-order valence-electron chi connectivity index (χ3n) is 3.67. The molecular weight excluding hydrogens is 391 g/mol. The quantitative estimate of drug-likeness (QED) is 0.745. The Morgan fingerprint density at radius 2 is 1.78 bits per heavy atom. The van der Waals surface area contributed by atoms with Gasteiger partial charge in [0.25, 0.3) is 5.91 Å². The standard InChI is InChI=1S/C19H20Cl2N2O4/c1-4-27-16-10-12(8-9-15(16)26-3)19(25)23(2)11-17(24)22-18-13(20)6-5-7-14(18)21/h5-10H,4,11H2,1-3H3,(H,22,24). The number of carbonyl (C=O) groups is 2. The summed E-state index contributed by atoms with van der Waals surface area (Å²) in [5.74, 6) is 0.243. The summed E-state index contributed by atoms with van der Waals surface area (Å²) in [6, 6.07) is 9.76. The molecule has 0 heterocycles. The second-order valence-electron chi connectivity index (χ2n) is 5.60. The number of carbonyl (C=O) groups excluding carboxylic acids is 2. The molecule has 27 heavy (non-hydrogen) atoms. The lowest BCUT2D eigenvalue weighted by molar-refractivity contribution is -0.116. The second-order valence-corrected chi connectivity index (χ2v) is 6.42. The molecule has 0 aliphatic rings. The molecule has 0 aliphatic heterocycles. The van der Waals surface area contributed by atoms with Gasteiger partial charge in [-0.2, -0.15) is 0 Å². The fourth-order valence-corrected chi connectivity index (χ4v) is 2.87. The third-order valence-corrected chi connectivity index (χ3v) is 4.30. The molecule has 0 aromatic heterocycles. The Labute approximate surface area is 168 Å². The number of likely N-dealkylation sites (N-methyl/N-ethyl adjacent to an activating group) is 1. The van der Waals surface area contributed by atoms with Gasteiger partial charge in [-0.1, -0.05) is 29.3 Å². The van der Waals surface area contributed by atoms with Crippen LogP contribution in [-0.2, 0) is 4.79 Å². The van der Waals surface area contributed by atoms with Crippen molar-refractivity contribution in [1.29, 1.82) is 0 Å². The fraction of sp³-hybridized carbons (Fsp3) is 0.263. The molecule has 0 radical (unpaired) electrons. The van der Waals surface area contributed by atoms with Crippen LogP contribution in [-0.4, -0.2) is 44.0 Å². The topological polar surface area (TPSA) is 67.9 Å². The van der Waals surface area contributed by atoms with Gasteiger partial charge in [-0.15, -0.1) is 0 Å². The van der Waals surface area contributed by atoms with Crippen molar-refractivity contribution in [3.05, 3.63) is 52.0 Å². The highest BCUT2D eigenvalue weighted by Crippen LogP contribution is 2.30. The molecule has 0 bridgehead atoms. The van der Waals surface area contributed by atoms with Gasteiger partial charge in [0.1, 0.15) is 0 Å². The van der Waals surface area contributed by atoms with E-state index in [1.807, 2.05) is 6.92 Å². The van der Waals surface area contributed by atoms with E-state index in [9.17, 15) is 9.59 Å². The van der Waals surface area contributed by atoms with Gasteiger partial charge in [0.15, 0.2) is 11.5 Å². The maximum atomic E-state index is 12.6. The lowest BCUT2D eigenvalue weighted by Crippen LogP contribution is -2.35. The highest BCUT2D eigenvalue weighted by Gasteiger charge is 2.18. The predicted molar refractivity (Wildman–Crippen MR) is 106 cm³/mol. The van der Waals surface area contributed by atoms with Gasteiger partial charge in [-0.05, 0) is 37.3 Å². The van der Waals surface area contributed by atoms with Gasteiger partial charge in [0, 0.05) is 12.6 Å². The zero-order valence-electron chi connectivity index (χ0n) is 15.2. The van der Waals surface area contributed by atoms with Crippen molar-refractivity contribution in [2.75, 3.05) is 32.6 Å². The number of nitrogens with one attached hydrogen (secondary N) is 1. The summed E-state index contributed by atoms with van der Waals surface area (Å²) in [6.45, 7) is 2.10. The van der Waals surface area contributed by atoms with Gasteiger partial charge in [-0.3, -0.25) is 9.59 Å². The number of halogens is 2. The molecular formula is C19H20Cl2N2O4. The van der Waals surface area contributed by atoms with Crippen LogP contribution in [0.3, 0.4) is 0 Å². The minimum Gasteiger partial charge on any atom is -0.493 e. The minimum absolute atomic E-state index is 0.170. The summed E-state index contributed by atoms with van der Waals surface area (Å²) in [6.07, 6.45) is 0. The molecule has 144 valence electrons. The molecule has 1 N–H and O–H groups in total. The summed E-state index contributed by atoms with van der Waals surface area (Å²) in [4.78, 5) is 26.2. The van der Waals surface area contributed by atoms with E-state index >= 15 is 0 Å². The molecule has 0 fully saturated rings. The number of amides is 2. The van der Waals surface area contributed by atoms with Gasteiger partial charge in [0.05, 0.1) is 36.0 Å². The smallest absolute Gasteiger partial charge is 0.254 e. The zero-order chi connectivity index (χ0) is 20.0. The Bertz CT molecular complexity index is 822. The van der Waals surface area contributed by atoms with Crippen molar-refractivity contribution in [2.24, 2.45) is 0 Å². The number of hydrogen-bond acceptors (Lipinski definition) is 4. The number of para-hydroxylation sites is 1. The van der Waals surface area contributed by atoms with Crippen LogP contribution in [0.1, 0.15) is 17.3 Å². The average molecular weight is 411 g/mol. The number of rotatable bonds is 7. The first-order valence-corrected chi connectivity index (χ1v) is 8.93. The zero-order valence-corrected chi connectivity index (χ0v) is 16.7. The summed E-state index contributed by atoms with van der Waals surface area (Å²) < 4.78 is 10.7. The van der Waals surface area contributed by atoms with E-state index in [-0.39, 0.29) is 12.5 Å². The van der Waals surface area contributed by atoms with Crippen LogP contribution in [0.4, 0.5) is 5.69 Å². The van der Waals surface area contributed by atoms with Crippen LogP contribution in [0.15, 0.2) is 36.4 Å². The van der Waals surface area contributed by atoms with E-state index < -0.39 is 5.91 Å². The Balaban J connectivity index is 2.09. The fourth-order valence-electron chi connectivity index (χ4n) is 2.38. The first-order valence-electron chi connectivity index (χ1n) is 8.17. The van der Waals surface area contributed by atoms with Gasteiger partial charge in [-0.25, -0.2) is 0 Å². The highest BCUT2D eigenvalue weighted by atomic mass is 35.5. The van der Waals surface area contributed by atoms with Crippen molar-refractivity contribution < 1.29 is 19.1 Å². The summed E-state index contributed by atoms with van der Waals surface area (Å²) >= 11 is 12.1. The molecule has 2 amide bonds. The number of hydrogen-bond donors (Lipinski definition) is 1. The maximum absolute atomic E-state index is 12.6. The molecule has 0 saturated heterocycles. The summed E-state index contributed by atoms with van der Waals surface area (Å²) in [5.41, 5.74) is 0.695. The molecule has 2 rings (SSSR count). The molecule has 0 aliphatic carbocycles. The highest BCUT2D eigenvalue weighted by molar-refractivity contribution is 6.39. The van der Waals surface area contributed by atoms with Crippen molar-refractivity contribution in [1.82, 2.24) is 4.90 Å². The van der Waals surface area contributed by atoms with Crippen molar-refractivity contribution in [3.63, 3.8) is 0 Å². The monoisotopic (exact) mass is 410 g/mol. The molecule has 8 heteroatoms. The number of anilines is 1. The van der Waals surface area contributed by atoms with Crippen LogP contribution in [0.25, 0.3) is 0 Å². The second kappa shape index (κ2) is 9.48. The maximum Gasteiger partial charge on any atom is 0.254 e. The molecule has 2 aromatic rings. The normalized spacial score (nSPS) is 10.3. The molecule has 0 spiro atoms. The lowest BCUT2D eigenvalue weighted by Gasteiger charge is -2.18. The van der Waals surface area contributed by atoms with Crippen LogP contribution in [0.5, 0.6) is 11.5 Å². The number of benzene rings is 2. The Morgan fingerprint density at radius 3 is 2.37 bits per heavy atom. The molecule has 0 unspecified atom stereocenters. The Kier molecular flexibility index (Phi) is 7.33. The SMILES string of the molecule is CCOc1cc(C(=O)N(C)CC(=O)Nc2c(Cl)cccc2Cl)ccc1OC.